The summed E-state index contributed by atoms with van der Waals surface area (Å²) in [6, 6.07) is 5.03. The number of carboxylic acid groups (broad SMARTS) is 1. The van der Waals surface area contributed by atoms with Crippen molar-refractivity contribution >= 4 is 34.9 Å². The number of rotatable bonds is 4. The van der Waals surface area contributed by atoms with Crippen molar-refractivity contribution in [3.63, 3.8) is 0 Å². The van der Waals surface area contributed by atoms with Crippen LogP contribution in [0.15, 0.2) is 36.4 Å². The van der Waals surface area contributed by atoms with Crippen LogP contribution < -0.4 is 5.32 Å². The number of nitro groups is 1. The number of carbonyl (C=O) groups is 2. The predicted octanol–water partition coefficient (Wildman–Crippen LogP) is 4.22. The highest BCUT2D eigenvalue weighted by molar-refractivity contribution is 6.34. The maximum Gasteiger partial charge on any atom is 0.416 e. The quantitative estimate of drug-likeness (QED) is 0.602. The van der Waals surface area contributed by atoms with Gasteiger partial charge in [0.25, 0.3) is 11.6 Å². The summed E-state index contributed by atoms with van der Waals surface area (Å²) in [5.74, 6) is -2.90. The Balaban J connectivity index is 2.52. The minimum absolute atomic E-state index is 0.262. The summed E-state index contributed by atoms with van der Waals surface area (Å²) >= 11 is 5.75. The van der Waals surface area contributed by atoms with Crippen LogP contribution >= 0.6 is 11.6 Å². The van der Waals surface area contributed by atoms with Crippen molar-refractivity contribution in [1.29, 1.82) is 0 Å². The molecule has 2 aromatic carbocycles. The molecular formula is C15H8ClF3N2O5. The Labute approximate surface area is 148 Å². The van der Waals surface area contributed by atoms with Crippen LogP contribution in [0.4, 0.5) is 24.5 Å². The van der Waals surface area contributed by atoms with Gasteiger partial charge in [0.15, 0.2) is 0 Å². The minimum atomic E-state index is -4.71. The molecule has 0 bridgehead atoms. The van der Waals surface area contributed by atoms with Gasteiger partial charge >= 0.3 is 12.1 Å². The molecule has 0 heterocycles. The lowest BCUT2D eigenvalue weighted by atomic mass is 10.0. The number of anilines is 1. The summed E-state index contributed by atoms with van der Waals surface area (Å²) in [6.07, 6.45) is -4.71. The number of nitrogens with one attached hydrogen (secondary N) is 1. The second kappa shape index (κ2) is 7.00. The first-order valence-electron chi connectivity index (χ1n) is 6.71. The molecule has 0 spiro atoms. The van der Waals surface area contributed by atoms with Crippen LogP contribution in [0.5, 0.6) is 0 Å². The number of nitrogens with zero attached hydrogens (tertiary/aromatic N) is 1. The van der Waals surface area contributed by atoms with Gasteiger partial charge in [0.1, 0.15) is 5.56 Å². The van der Waals surface area contributed by atoms with Crippen LogP contribution in [-0.4, -0.2) is 21.9 Å². The number of amides is 1. The molecule has 11 heteroatoms. The molecule has 7 nitrogen and oxygen atoms in total. The first kappa shape index (κ1) is 19.2. The van der Waals surface area contributed by atoms with Gasteiger partial charge in [-0.25, -0.2) is 4.79 Å². The second-order valence-electron chi connectivity index (χ2n) is 4.91. The molecule has 2 N–H and O–H groups in total. The highest BCUT2D eigenvalue weighted by Gasteiger charge is 2.32. The molecule has 0 atom stereocenters. The van der Waals surface area contributed by atoms with Gasteiger partial charge in [0, 0.05) is 6.07 Å². The van der Waals surface area contributed by atoms with Crippen LogP contribution in [0.1, 0.15) is 26.3 Å². The van der Waals surface area contributed by atoms with E-state index in [0.29, 0.717) is 12.1 Å². The molecule has 0 aliphatic heterocycles. The maximum atomic E-state index is 12.8. The van der Waals surface area contributed by atoms with Crippen molar-refractivity contribution in [3.8, 4) is 0 Å². The molecule has 0 aromatic heterocycles. The zero-order chi connectivity index (χ0) is 19.6. The van der Waals surface area contributed by atoms with Gasteiger partial charge in [-0.3, -0.25) is 14.9 Å². The largest absolute Gasteiger partial charge is 0.478 e. The maximum absolute atomic E-state index is 12.8. The zero-order valence-corrected chi connectivity index (χ0v) is 13.3. The average Bonchev–Trinajstić information content (AvgIpc) is 2.54. The summed E-state index contributed by atoms with van der Waals surface area (Å²) < 4.78 is 38.3. The van der Waals surface area contributed by atoms with Gasteiger partial charge in [0.05, 0.1) is 26.8 Å². The fourth-order valence-corrected chi connectivity index (χ4v) is 2.26. The van der Waals surface area contributed by atoms with E-state index in [4.69, 9.17) is 16.7 Å². The molecular weight excluding hydrogens is 381 g/mol. The lowest BCUT2D eigenvalue weighted by Crippen LogP contribution is -2.19. The Bertz CT molecular complexity index is 882. The number of aromatic carboxylic acids is 1. The average molecular weight is 389 g/mol. The molecule has 1 amide bonds. The van der Waals surface area contributed by atoms with E-state index in [0.717, 1.165) is 24.3 Å². The number of carboxylic acids is 1. The number of carbonyl (C=O) groups excluding carboxylic acids is 1. The van der Waals surface area contributed by atoms with E-state index in [9.17, 15) is 32.9 Å². The van der Waals surface area contributed by atoms with Crippen LogP contribution in [0.3, 0.4) is 0 Å². The number of hydrogen-bond acceptors (Lipinski definition) is 4. The fraction of sp³-hybridized carbons (Fsp3) is 0.0667. The Hall–Kier alpha value is -3.14. The molecule has 0 unspecified atom stereocenters. The number of hydrogen-bond donors (Lipinski definition) is 2. The monoisotopic (exact) mass is 388 g/mol. The van der Waals surface area contributed by atoms with Gasteiger partial charge in [-0.2, -0.15) is 13.2 Å². The van der Waals surface area contributed by atoms with Crippen molar-refractivity contribution in [1.82, 2.24) is 0 Å². The second-order valence-corrected chi connectivity index (χ2v) is 5.32. The smallest absolute Gasteiger partial charge is 0.416 e. The van der Waals surface area contributed by atoms with E-state index in [1.165, 1.54) is 0 Å². The molecule has 2 rings (SSSR count). The third-order valence-electron chi connectivity index (χ3n) is 3.24. The first-order valence-corrected chi connectivity index (χ1v) is 7.09. The van der Waals surface area contributed by atoms with Crippen molar-refractivity contribution in [2.45, 2.75) is 6.18 Å². The van der Waals surface area contributed by atoms with Gasteiger partial charge in [0.2, 0.25) is 0 Å². The van der Waals surface area contributed by atoms with E-state index in [-0.39, 0.29) is 5.02 Å². The normalized spacial score (nSPS) is 11.1. The summed E-state index contributed by atoms with van der Waals surface area (Å²) in [5.41, 5.74) is -3.89. The van der Waals surface area contributed by atoms with Gasteiger partial charge in [-0.15, -0.1) is 0 Å². The highest BCUT2D eigenvalue weighted by Crippen LogP contribution is 2.34. The first-order chi connectivity index (χ1) is 12.0. The van der Waals surface area contributed by atoms with Gasteiger partial charge in [-0.1, -0.05) is 17.7 Å². The van der Waals surface area contributed by atoms with Crippen molar-refractivity contribution in [3.05, 3.63) is 68.2 Å². The van der Waals surface area contributed by atoms with E-state index < -0.39 is 51.0 Å². The molecule has 0 radical (unpaired) electrons. The summed E-state index contributed by atoms with van der Waals surface area (Å²) in [6.45, 7) is 0. The van der Waals surface area contributed by atoms with E-state index in [1.54, 1.807) is 0 Å². The molecule has 26 heavy (non-hydrogen) atoms. The number of benzene rings is 2. The third kappa shape index (κ3) is 3.91. The molecule has 2 aromatic rings. The standard InChI is InChI=1S/C15H8ClF3N2O5/c16-9-5-4-7(15(17,18)19)6-10(9)20-13(22)12-8(14(23)24)2-1-3-11(12)21(25)26/h1-6H,(H,20,22)(H,23,24). The van der Waals surface area contributed by atoms with Crippen LogP contribution in [-0.2, 0) is 6.18 Å². The Morgan fingerprint density at radius 2 is 1.85 bits per heavy atom. The van der Waals surface area contributed by atoms with Crippen LogP contribution in [0, 0.1) is 10.1 Å². The van der Waals surface area contributed by atoms with Crippen LogP contribution in [0.25, 0.3) is 0 Å². The number of nitro benzene ring substituents is 1. The van der Waals surface area contributed by atoms with Crippen molar-refractivity contribution in [2.24, 2.45) is 0 Å². The summed E-state index contributed by atoms with van der Waals surface area (Å²) in [5, 5.41) is 21.9. The Kier molecular flexibility index (Phi) is 5.17. The van der Waals surface area contributed by atoms with Crippen molar-refractivity contribution < 1.29 is 32.8 Å². The molecule has 0 saturated heterocycles. The minimum Gasteiger partial charge on any atom is -0.478 e. The molecule has 0 fully saturated rings. The van der Waals surface area contributed by atoms with E-state index in [1.807, 2.05) is 5.32 Å². The Morgan fingerprint density at radius 1 is 1.19 bits per heavy atom. The third-order valence-corrected chi connectivity index (χ3v) is 3.57. The van der Waals surface area contributed by atoms with Crippen LogP contribution in [0.2, 0.25) is 5.02 Å². The fourth-order valence-electron chi connectivity index (χ4n) is 2.09. The van der Waals surface area contributed by atoms with E-state index >= 15 is 0 Å². The topological polar surface area (TPSA) is 110 Å². The number of halogens is 4. The predicted molar refractivity (Wildman–Crippen MR) is 84.5 cm³/mol. The summed E-state index contributed by atoms with van der Waals surface area (Å²) in [4.78, 5) is 33.7. The molecule has 136 valence electrons. The zero-order valence-electron chi connectivity index (χ0n) is 12.5. The van der Waals surface area contributed by atoms with Gasteiger partial charge < -0.3 is 10.4 Å². The van der Waals surface area contributed by atoms with E-state index in [2.05, 4.69) is 0 Å². The Morgan fingerprint density at radius 3 is 2.38 bits per heavy atom. The van der Waals surface area contributed by atoms with Crippen molar-refractivity contribution in [2.75, 3.05) is 5.32 Å². The lowest BCUT2D eigenvalue weighted by molar-refractivity contribution is -0.385. The molecule has 0 aliphatic rings. The lowest BCUT2D eigenvalue weighted by Gasteiger charge is -2.12. The summed E-state index contributed by atoms with van der Waals surface area (Å²) in [7, 11) is 0. The highest BCUT2D eigenvalue weighted by atomic mass is 35.5. The SMILES string of the molecule is O=C(O)c1cccc([N+](=O)[O-])c1C(=O)Nc1cc(C(F)(F)F)ccc1Cl. The molecule has 0 aliphatic carbocycles. The van der Waals surface area contributed by atoms with Gasteiger partial charge in [-0.05, 0) is 24.3 Å². The molecule has 0 saturated carbocycles. The number of alkyl halides is 3.